The van der Waals surface area contributed by atoms with Crippen molar-refractivity contribution in [3.05, 3.63) is 29.3 Å². The van der Waals surface area contributed by atoms with Gasteiger partial charge >= 0.3 is 0 Å². The zero-order valence-electron chi connectivity index (χ0n) is 10.5. The molecule has 3 heteroatoms. The van der Waals surface area contributed by atoms with Crippen molar-refractivity contribution in [2.24, 2.45) is 0 Å². The number of hydrogen-bond acceptors (Lipinski definition) is 3. The molecular formula is C14H19N3. The van der Waals surface area contributed by atoms with Crippen molar-refractivity contribution < 1.29 is 0 Å². The summed E-state index contributed by atoms with van der Waals surface area (Å²) in [7, 11) is 2.13. The predicted molar refractivity (Wildman–Crippen MR) is 70.1 cm³/mol. The van der Waals surface area contributed by atoms with E-state index in [0.29, 0.717) is 0 Å². The van der Waals surface area contributed by atoms with Gasteiger partial charge in [-0.15, -0.1) is 0 Å². The second-order valence-corrected chi connectivity index (χ2v) is 4.53. The van der Waals surface area contributed by atoms with E-state index in [0.717, 1.165) is 25.1 Å². The van der Waals surface area contributed by atoms with Crippen LogP contribution < -0.4 is 10.2 Å². The quantitative estimate of drug-likeness (QED) is 0.864. The second-order valence-electron chi connectivity index (χ2n) is 4.53. The van der Waals surface area contributed by atoms with Crippen LogP contribution in [0.3, 0.4) is 0 Å². The Balaban J connectivity index is 2.30. The molecule has 0 saturated carbocycles. The van der Waals surface area contributed by atoms with Crippen LogP contribution in [-0.4, -0.2) is 20.1 Å². The van der Waals surface area contributed by atoms with Gasteiger partial charge in [0.1, 0.15) is 6.04 Å². The first-order valence-corrected chi connectivity index (χ1v) is 6.23. The minimum atomic E-state index is -0.183. The monoisotopic (exact) mass is 229 g/mol. The molecule has 0 fully saturated rings. The van der Waals surface area contributed by atoms with Gasteiger partial charge in [-0.1, -0.05) is 19.1 Å². The Morgan fingerprint density at radius 2 is 2.35 bits per heavy atom. The van der Waals surface area contributed by atoms with Crippen molar-refractivity contribution >= 4 is 5.69 Å². The minimum Gasteiger partial charge on any atom is -0.374 e. The van der Waals surface area contributed by atoms with Crippen molar-refractivity contribution in [3.8, 4) is 6.07 Å². The number of fused-ring (bicyclic) bond motifs is 1. The number of nitriles is 1. The fourth-order valence-electron chi connectivity index (χ4n) is 2.43. The summed E-state index contributed by atoms with van der Waals surface area (Å²) in [5, 5.41) is 12.3. The van der Waals surface area contributed by atoms with E-state index in [2.05, 4.69) is 41.5 Å². The van der Waals surface area contributed by atoms with Gasteiger partial charge in [-0.05, 0) is 36.6 Å². The SMILES string of the molecule is CCNC(C#N)c1ccc2c(c1)CCCN2C. The lowest BCUT2D eigenvalue weighted by Gasteiger charge is -2.28. The lowest BCUT2D eigenvalue weighted by atomic mass is 9.97. The molecular weight excluding hydrogens is 210 g/mol. The minimum absolute atomic E-state index is 0.183. The van der Waals surface area contributed by atoms with E-state index < -0.39 is 0 Å². The van der Waals surface area contributed by atoms with Gasteiger partial charge in [-0.25, -0.2) is 0 Å². The molecule has 0 bridgehead atoms. The largest absolute Gasteiger partial charge is 0.374 e. The van der Waals surface area contributed by atoms with Crippen LogP contribution >= 0.6 is 0 Å². The van der Waals surface area contributed by atoms with Crippen LogP contribution in [0.25, 0.3) is 0 Å². The Hall–Kier alpha value is -1.53. The molecule has 1 heterocycles. The third-order valence-corrected chi connectivity index (χ3v) is 3.33. The predicted octanol–water partition coefficient (Wildman–Crippen LogP) is 2.24. The molecule has 0 spiro atoms. The van der Waals surface area contributed by atoms with Crippen LogP contribution in [0.15, 0.2) is 18.2 Å². The Kier molecular flexibility index (Phi) is 3.65. The number of rotatable bonds is 3. The summed E-state index contributed by atoms with van der Waals surface area (Å²) in [6.07, 6.45) is 2.32. The topological polar surface area (TPSA) is 39.1 Å². The molecule has 3 nitrogen and oxygen atoms in total. The highest BCUT2D eigenvalue weighted by Gasteiger charge is 2.16. The van der Waals surface area contributed by atoms with Crippen molar-refractivity contribution in [3.63, 3.8) is 0 Å². The van der Waals surface area contributed by atoms with Crippen LogP contribution in [0.4, 0.5) is 5.69 Å². The number of hydrogen-bond donors (Lipinski definition) is 1. The molecule has 17 heavy (non-hydrogen) atoms. The summed E-state index contributed by atoms with van der Waals surface area (Å²) in [4.78, 5) is 2.29. The van der Waals surface area contributed by atoms with E-state index in [1.807, 2.05) is 6.92 Å². The van der Waals surface area contributed by atoms with Gasteiger partial charge in [-0.3, -0.25) is 5.32 Å². The zero-order chi connectivity index (χ0) is 12.3. The summed E-state index contributed by atoms with van der Waals surface area (Å²) < 4.78 is 0. The maximum Gasteiger partial charge on any atom is 0.121 e. The molecule has 1 atom stereocenters. The van der Waals surface area contributed by atoms with Crippen LogP contribution in [-0.2, 0) is 6.42 Å². The van der Waals surface area contributed by atoms with Gasteiger partial charge in [0.05, 0.1) is 6.07 Å². The second kappa shape index (κ2) is 5.20. The van der Waals surface area contributed by atoms with E-state index in [1.165, 1.54) is 17.7 Å². The standard InChI is InChI=1S/C14H19N3/c1-3-16-13(10-15)11-6-7-14-12(9-11)5-4-8-17(14)2/h6-7,9,13,16H,3-5,8H2,1-2H3. The van der Waals surface area contributed by atoms with Crippen molar-refractivity contribution in [2.45, 2.75) is 25.8 Å². The van der Waals surface area contributed by atoms with Crippen LogP contribution in [0.5, 0.6) is 0 Å². The van der Waals surface area contributed by atoms with E-state index in [-0.39, 0.29) is 6.04 Å². The Morgan fingerprint density at radius 3 is 3.06 bits per heavy atom. The normalized spacial score (nSPS) is 16.2. The highest BCUT2D eigenvalue weighted by molar-refractivity contribution is 5.56. The van der Waals surface area contributed by atoms with Crippen molar-refractivity contribution in [2.75, 3.05) is 25.0 Å². The average molecular weight is 229 g/mol. The number of benzene rings is 1. The smallest absolute Gasteiger partial charge is 0.121 e. The molecule has 0 aliphatic carbocycles. The van der Waals surface area contributed by atoms with Crippen LogP contribution in [0.2, 0.25) is 0 Å². The third-order valence-electron chi connectivity index (χ3n) is 3.33. The maximum atomic E-state index is 9.14. The molecule has 0 saturated heterocycles. The zero-order valence-corrected chi connectivity index (χ0v) is 10.5. The van der Waals surface area contributed by atoms with Gasteiger partial charge in [0, 0.05) is 19.3 Å². The Morgan fingerprint density at radius 1 is 1.53 bits per heavy atom. The van der Waals surface area contributed by atoms with E-state index >= 15 is 0 Å². The summed E-state index contributed by atoms with van der Waals surface area (Å²) in [5.74, 6) is 0. The summed E-state index contributed by atoms with van der Waals surface area (Å²) in [6, 6.07) is 8.52. The Labute approximate surface area is 103 Å². The fourth-order valence-corrected chi connectivity index (χ4v) is 2.43. The summed E-state index contributed by atoms with van der Waals surface area (Å²) >= 11 is 0. The average Bonchev–Trinajstić information content (AvgIpc) is 2.36. The molecule has 1 aliphatic heterocycles. The number of anilines is 1. The van der Waals surface area contributed by atoms with Gasteiger partial charge in [0.2, 0.25) is 0 Å². The van der Waals surface area contributed by atoms with Gasteiger partial charge in [0.25, 0.3) is 0 Å². The van der Waals surface area contributed by atoms with Gasteiger partial charge in [0.15, 0.2) is 0 Å². The first-order chi connectivity index (χ1) is 8.26. The van der Waals surface area contributed by atoms with Crippen LogP contribution in [0.1, 0.15) is 30.5 Å². The molecule has 0 amide bonds. The molecule has 1 aromatic rings. The van der Waals surface area contributed by atoms with E-state index in [4.69, 9.17) is 5.26 Å². The first kappa shape index (κ1) is 11.9. The molecule has 90 valence electrons. The highest BCUT2D eigenvalue weighted by Crippen LogP contribution is 2.28. The van der Waals surface area contributed by atoms with Crippen molar-refractivity contribution in [1.82, 2.24) is 5.32 Å². The molecule has 1 aromatic carbocycles. The molecule has 2 rings (SSSR count). The maximum absolute atomic E-state index is 9.14. The fraction of sp³-hybridized carbons (Fsp3) is 0.500. The Bertz CT molecular complexity index is 434. The lowest BCUT2D eigenvalue weighted by molar-refractivity contribution is 0.655. The van der Waals surface area contributed by atoms with E-state index in [9.17, 15) is 0 Å². The molecule has 1 N–H and O–H groups in total. The summed E-state index contributed by atoms with van der Waals surface area (Å²) in [5.41, 5.74) is 3.77. The summed E-state index contributed by atoms with van der Waals surface area (Å²) in [6.45, 7) is 3.97. The molecule has 0 aromatic heterocycles. The van der Waals surface area contributed by atoms with Crippen LogP contribution in [0, 0.1) is 11.3 Å². The highest BCUT2D eigenvalue weighted by atomic mass is 15.1. The number of nitrogens with zero attached hydrogens (tertiary/aromatic N) is 2. The molecule has 1 aliphatic rings. The molecule has 0 radical (unpaired) electrons. The van der Waals surface area contributed by atoms with E-state index in [1.54, 1.807) is 0 Å². The van der Waals surface area contributed by atoms with Gasteiger partial charge in [-0.2, -0.15) is 5.26 Å². The lowest BCUT2D eigenvalue weighted by Crippen LogP contribution is -2.25. The van der Waals surface area contributed by atoms with Crippen molar-refractivity contribution in [1.29, 1.82) is 5.26 Å². The van der Waals surface area contributed by atoms with Gasteiger partial charge < -0.3 is 4.90 Å². The third kappa shape index (κ3) is 2.42. The molecule has 1 unspecified atom stereocenters. The number of aryl methyl sites for hydroxylation is 1. The number of nitrogens with one attached hydrogen (secondary N) is 1. The first-order valence-electron chi connectivity index (χ1n) is 6.23.